The Hall–Kier alpha value is 0.280. The molecular formula is C6H6Cl6N4O2. The molecule has 0 saturated heterocycles. The van der Waals surface area contributed by atoms with Gasteiger partial charge in [0.2, 0.25) is 7.59 Å². The molecule has 0 aromatic rings. The lowest BCUT2D eigenvalue weighted by Gasteiger charge is -2.10. The van der Waals surface area contributed by atoms with E-state index < -0.39 is 19.6 Å². The summed E-state index contributed by atoms with van der Waals surface area (Å²) in [5.74, 6) is 0. The summed E-state index contributed by atoms with van der Waals surface area (Å²) in [5.41, 5.74) is 0. The summed E-state index contributed by atoms with van der Waals surface area (Å²) in [6, 6.07) is -1.91. The molecule has 0 aromatic heterocycles. The van der Waals surface area contributed by atoms with E-state index in [0.29, 0.717) is 0 Å². The van der Waals surface area contributed by atoms with Gasteiger partial charge in [-0.15, -0.1) is 0 Å². The molecule has 0 aliphatic heterocycles. The average molecular weight is 379 g/mol. The first-order valence-electron chi connectivity index (χ1n) is 4.10. The number of hydrogen-bond donors (Lipinski definition) is 2. The van der Waals surface area contributed by atoms with Gasteiger partial charge in [0.05, 0.1) is 13.1 Å². The number of amides is 4. The zero-order valence-electron chi connectivity index (χ0n) is 8.39. The summed E-state index contributed by atoms with van der Waals surface area (Å²) in [5, 5.41) is 10.2. The van der Waals surface area contributed by atoms with Crippen LogP contribution in [-0.4, -0.2) is 32.7 Å². The fraction of sp³-hybridized carbons (Fsp3) is 0.667. The molecule has 0 fully saturated rings. The number of hydrogen-bond acceptors (Lipinski definition) is 2. The summed E-state index contributed by atoms with van der Waals surface area (Å²) in [6.45, 7) is -0.573. The third-order valence-corrected chi connectivity index (χ3v) is 1.91. The molecule has 2 N–H and O–H groups in total. The van der Waals surface area contributed by atoms with E-state index in [4.69, 9.17) is 69.6 Å². The Kier molecular flexibility index (Phi) is 7.89. The number of alkyl halides is 6. The van der Waals surface area contributed by atoms with Crippen LogP contribution >= 0.6 is 69.6 Å². The SMILES string of the molecule is O=C(/N=N/C(=O)NCC(Cl)(Cl)Cl)NCC(Cl)(Cl)Cl. The maximum absolute atomic E-state index is 11.0. The fourth-order valence-corrected chi connectivity index (χ4v) is 0.914. The monoisotopic (exact) mass is 376 g/mol. The van der Waals surface area contributed by atoms with Crippen LogP contribution in [0.3, 0.4) is 0 Å². The van der Waals surface area contributed by atoms with Gasteiger partial charge in [0.1, 0.15) is 0 Å². The molecule has 0 aliphatic rings. The maximum atomic E-state index is 11.0. The van der Waals surface area contributed by atoms with Gasteiger partial charge in [0.25, 0.3) is 0 Å². The molecule has 0 heterocycles. The van der Waals surface area contributed by atoms with E-state index in [1.165, 1.54) is 0 Å². The number of nitrogens with one attached hydrogen (secondary N) is 2. The Morgan fingerprint density at radius 3 is 1.28 bits per heavy atom. The van der Waals surface area contributed by atoms with Gasteiger partial charge in [-0.2, -0.15) is 0 Å². The molecule has 0 rings (SSSR count). The molecule has 0 unspecified atom stereocenters. The van der Waals surface area contributed by atoms with E-state index in [0.717, 1.165) is 0 Å². The van der Waals surface area contributed by atoms with Crippen LogP contribution in [0.2, 0.25) is 0 Å². The van der Waals surface area contributed by atoms with Crippen LogP contribution in [0.5, 0.6) is 0 Å². The van der Waals surface area contributed by atoms with E-state index in [2.05, 4.69) is 20.9 Å². The zero-order valence-corrected chi connectivity index (χ0v) is 12.9. The van der Waals surface area contributed by atoms with Crippen molar-refractivity contribution in [3.05, 3.63) is 0 Å². The van der Waals surface area contributed by atoms with Crippen molar-refractivity contribution >= 4 is 81.7 Å². The average Bonchev–Trinajstić information content (AvgIpc) is 2.18. The predicted octanol–water partition coefficient (Wildman–Crippen LogP) is 3.60. The molecule has 0 spiro atoms. The minimum Gasteiger partial charge on any atom is -0.331 e. The summed E-state index contributed by atoms with van der Waals surface area (Å²) < 4.78 is -3.33. The summed E-state index contributed by atoms with van der Waals surface area (Å²) >= 11 is 32.2. The topological polar surface area (TPSA) is 82.9 Å². The molecule has 6 nitrogen and oxygen atoms in total. The molecule has 0 saturated carbocycles. The van der Waals surface area contributed by atoms with Crippen LogP contribution < -0.4 is 10.6 Å². The molecule has 12 heteroatoms. The minimum absolute atomic E-state index is 0.286. The third kappa shape index (κ3) is 12.7. The number of azo groups is 1. The van der Waals surface area contributed by atoms with Crippen LogP contribution in [0.4, 0.5) is 9.59 Å². The Labute approximate surface area is 132 Å². The first-order valence-corrected chi connectivity index (χ1v) is 6.37. The number of halogens is 6. The molecular weight excluding hydrogens is 373 g/mol. The number of carbonyl (C=O) groups excluding carboxylic acids is 2. The highest BCUT2D eigenvalue weighted by atomic mass is 35.6. The lowest BCUT2D eigenvalue weighted by Crippen LogP contribution is -2.31. The van der Waals surface area contributed by atoms with Crippen LogP contribution in [0.1, 0.15) is 0 Å². The fourth-order valence-electron chi connectivity index (χ4n) is 0.513. The normalized spacial score (nSPS) is 12.6. The second kappa shape index (κ2) is 7.77. The first-order chi connectivity index (χ1) is 7.99. The van der Waals surface area contributed by atoms with Gasteiger partial charge in [-0.3, -0.25) is 0 Å². The second-order valence-electron chi connectivity index (χ2n) is 2.75. The van der Waals surface area contributed by atoms with Crippen molar-refractivity contribution in [1.29, 1.82) is 0 Å². The summed E-state index contributed by atoms with van der Waals surface area (Å²) in [7, 11) is 0. The van der Waals surface area contributed by atoms with Crippen LogP contribution in [0, 0.1) is 0 Å². The number of urea groups is 2. The van der Waals surface area contributed by atoms with E-state index in [9.17, 15) is 9.59 Å². The van der Waals surface area contributed by atoms with Gasteiger partial charge in [0, 0.05) is 0 Å². The Bertz CT molecular complexity index is 304. The zero-order chi connectivity index (χ0) is 14.4. The quantitative estimate of drug-likeness (QED) is 0.568. The van der Waals surface area contributed by atoms with Gasteiger partial charge in [-0.25, -0.2) is 9.59 Å². The van der Waals surface area contributed by atoms with Crippen LogP contribution in [-0.2, 0) is 0 Å². The van der Waals surface area contributed by atoms with E-state index in [1.807, 2.05) is 0 Å². The minimum atomic E-state index is -1.66. The molecule has 0 radical (unpaired) electrons. The molecule has 0 aromatic carbocycles. The van der Waals surface area contributed by atoms with Crippen LogP contribution in [0.25, 0.3) is 0 Å². The van der Waals surface area contributed by atoms with Gasteiger partial charge in [-0.05, 0) is 0 Å². The van der Waals surface area contributed by atoms with Crippen molar-refractivity contribution in [3.63, 3.8) is 0 Å². The highest BCUT2D eigenvalue weighted by molar-refractivity contribution is 6.68. The van der Waals surface area contributed by atoms with Gasteiger partial charge in [-0.1, -0.05) is 79.8 Å². The Morgan fingerprint density at radius 1 is 0.778 bits per heavy atom. The van der Waals surface area contributed by atoms with Crippen molar-refractivity contribution in [1.82, 2.24) is 10.6 Å². The first kappa shape index (κ1) is 18.3. The van der Waals surface area contributed by atoms with Crippen molar-refractivity contribution in [2.45, 2.75) is 7.59 Å². The lowest BCUT2D eigenvalue weighted by molar-refractivity contribution is 0.241. The van der Waals surface area contributed by atoms with Crippen molar-refractivity contribution in [3.8, 4) is 0 Å². The molecule has 18 heavy (non-hydrogen) atoms. The summed E-state index contributed by atoms with van der Waals surface area (Å²) in [4.78, 5) is 22.0. The molecule has 0 aliphatic carbocycles. The van der Waals surface area contributed by atoms with Crippen LogP contribution in [0.15, 0.2) is 10.2 Å². The van der Waals surface area contributed by atoms with Gasteiger partial charge < -0.3 is 10.6 Å². The smallest absolute Gasteiger partial charge is 0.331 e. The molecule has 0 bridgehead atoms. The van der Waals surface area contributed by atoms with E-state index in [-0.39, 0.29) is 13.1 Å². The van der Waals surface area contributed by atoms with E-state index in [1.54, 1.807) is 0 Å². The Balaban J connectivity index is 4.00. The van der Waals surface area contributed by atoms with Crippen molar-refractivity contribution in [2.75, 3.05) is 13.1 Å². The van der Waals surface area contributed by atoms with Crippen molar-refractivity contribution in [2.24, 2.45) is 10.2 Å². The lowest BCUT2D eigenvalue weighted by atomic mass is 10.7. The number of carbonyl (C=O) groups is 2. The Morgan fingerprint density at radius 2 is 1.06 bits per heavy atom. The predicted molar refractivity (Wildman–Crippen MR) is 72.2 cm³/mol. The maximum Gasteiger partial charge on any atom is 0.359 e. The number of nitrogens with zero attached hydrogens (tertiary/aromatic N) is 2. The molecule has 0 atom stereocenters. The highest BCUT2D eigenvalue weighted by Gasteiger charge is 2.21. The highest BCUT2D eigenvalue weighted by Crippen LogP contribution is 2.24. The van der Waals surface area contributed by atoms with Gasteiger partial charge >= 0.3 is 12.1 Å². The number of rotatable bonds is 2. The third-order valence-electron chi connectivity index (χ3n) is 1.11. The standard InChI is InChI=1S/C6H6Cl6N4O2/c7-5(8,9)1-13-3(17)15-16-4(18)14-2-6(10,11)12/h1-2H2,(H,13,17)(H,14,18)/b16-15+. The van der Waals surface area contributed by atoms with Gasteiger partial charge in [0.15, 0.2) is 0 Å². The molecule has 4 amide bonds. The second-order valence-corrected chi connectivity index (χ2v) is 7.78. The largest absolute Gasteiger partial charge is 0.359 e. The summed E-state index contributed by atoms with van der Waals surface area (Å²) in [6.07, 6.45) is 0. The van der Waals surface area contributed by atoms with Crippen molar-refractivity contribution < 1.29 is 9.59 Å². The molecule has 104 valence electrons. The van der Waals surface area contributed by atoms with E-state index >= 15 is 0 Å².